The number of rotatable bonds is 12. The summed E-state index contributed by atoms with van der Waals surface area (Å²) in [6, 6.07) is 18.4. The number of benzene rings is 3. The number of anilines is 1. The lowest BCUT2D eigenvalue weighted by atomic mass is 9.90. The van der Waals surface area contributed by atoms with Crippen LogP contribution in [0.4, 0.5) is 5.69 Å². The second-order valence-corrected chi connectivity index (χ2v) is 14.4. The highest BCUT2D eigenvalue weighted by Gasteiger charge is 2.28. The Hall–Kier alpha value is -4.59. The molecule has 0 atom stereocenters. The van der Waals surface area contributed by atoms with Crippen LogP contribution in [0.2, 0.25) is 0 Å². The topological polar surface area (TPSA) is 158 Å². The first-order valence-electron chi connectivity index (χ1n) is 15.8. The van der Waals surface area contributed by atoms with E-state index in [-0.39, 0.29) is 43.5 Å². The van der Waals surface area contributed by atoms with Crippen LogP contribution in [0, 0.1) is 0 Å². The van der Waals surface area contributed by atoms with Crippen molar-refractivity contribution in [2.24, 2.45) is 0 Å². The van der Waals surface area contributed by atoms with E-state index in [1.165, 1.54) is 16.2 Å². The predicted molar refractivity (Wildman–Crippen MR) is 187 cm³/mol. The molecule has 0 bridgehead atoms. The van der Waals surface area contributed by atoms with E-state index in [9.17, 15) is 32.5 Å². The van der Waals surface area contributed by atoms with E-state index in [1.54, 1.807) is 24.3 Å². The Morgan fingerprint density at radius 1 is 1.04 bits per heavy atom. The molecule has 3 aromatic carbocycles. The molecule has 11 nitrogen and oxygen atoms in total. The van der Waals surface area contributed by atoms with Gasteiger partial charge in [-0.05, 0) is 68.0 Å². The first-order chi connectivity index (χ1) is 23.0. The molecule has 0 fully saturated rings. The van der Waals surface area contributed by atoms with Crippen molar-refractivity contribution in [3.63, 3.8) is 0 Å². The van der Waals surface area contributed by atoms with E-state index in [0.29, 0.717) is 27.1 Å². The zero-order chi connectivity index (χ0) is 34.0. The maximum absolute atomic E-state index is 14.3. The Bertz CT molecular complexity index is 2160. The average Bonchev–Trinajstić information content (AvgIpc) is 3.49. The number of carboxylic acids is 1. The first-order valence-corrected chi connectivity index (χ1v) is 18.3. The van der Waals surface area contributed by atoms with Crippen molar-refractivity contribution >= 4 is 60.2 Å². The summed E-state index contributed by atoms with van der Waals surface area (Å²) in [4.78, 5) is 48.1. The third-order valence-corrected chi connectivity index (χ3v) is 10.4. The smallest absolute Gasteiger partial charge is 0.347 e. The van der Waals surface area contributed by atoms with Crippen molar-refractivity contribution in [1.29, 1.82) is 0 Å². The van der Waals surface area contributed by atoms with E-state index >= 15 is 0 Å². The zero-order valence-electron chi connectivity index (χ0n) is 26.3. The third-order valence-electron chi connectivity index (χ3n) is 8.57. The van der Waals surface area contributed by atoms with Crippen molar-refractivity contribution < 1.29 is 32.1 Å². The second-order valence-electron chi connectivity index (χ2n) is 11.8. The van der Waals surface area contributed by atoms with Gasteiger partial charge in [-0.2, -0.15) is 8.42 Å². The Morgan fingerprint density at radius 2 is 1.79 bits per heavy atom. The van der Waals surface area contributed by atoms with Crippen LogP contribution in [-0.2, 0) is 21.3 Å². The summed E-state index contributed by atoms with van der Waals surface area (Å²) in [6.07, 6.45) is 1.71. The minimum absolute atomic E-state index is 0.0324. The standard InChI is InChI=1S/C35H35N3O8S2/c1-2-37-16-7-10-22-20-25-28(21-27(22)37)46-35(42)32(33-36-26-13-5-6-14-29(26)47-33)31(25)23-11-3-4-12-24(23)34(41)38(17-8-15-30(39)40)18-9-19-48(43,44)45/h3-6,11-14,20-21H,2,7-10,15-19H2,1H3,(H,39,40)(H,43,44,45). The number of aliphatic carboxylic acids is 1. The average molecular weight is 690 g/mol. The fraction of sp³-hybridized carbons (Fsp3) is 0.314. The molecule has 48 heavy (non-hydrogen) atoms. The molecule has 3 heterocycles. The van der Waals surface area contributed by atoms with Crippen LogP contribution in [0.3, 0.4) is 0 Å². The Morgan fingerprint density at radius 3 is 2.54 bits per heavy atom. The summed E-state index contributed by atoms with van der Waals surface area (Å²) < 4.78 is 39.1. The summed E-state index contributed by atoms with van der Waals surface area (Å²) in [5.74, 6) is -2.03. The molecule has 1 aliphatic heterocycles. The van der Waals surface area contributed by atoms with Crippen LogP contribution in [0.15, 0.2) is 69.9 Å². The number of hydrogen-bond donors (Lipinski definition) is 2. The molecule has 0 aliphatic carbocycles. The van der Waals surface area contributed by atoms with Gasteiger partial charge >= 0.3 is 11.6 Å². The first kappa shape index (κ1) is 33.3. The van der Waals surface area contributed by atoms with Gasteiger partial charge in [-0.1, -0.05) is 30.3 Å². The van der Waals surface area contributed by atoms with Crippen LogP contribution in [-0.4, -0.2) is 71.8 Å². The number of carboxylic acid groups (broad SMARTS) is 1. The van der Waals surface area contributed by atoms with E-state index in [2.05, 4.69) is 11.8 Å². The molecule has 250 valence electrons. The molecule has 5 aromatic rings. The number of amides is 1. The molecule has 0 unspecified atom stereocenters. The van der Waals surface area contributed by atoms with Gasteiger partial charge in [-0.15, -0.1) is 11.3 Å². The molecule has 0 spiro atoms. The highest BCUT2D eigenvalue weighted by atomic mass is 32.2. The van der Waals surface area contributed by atoms with Crippen molar-refractivity contribution in [3.8, 4) is 21.7 Å². The highest BCUT2D eigenvalue weighted by Crippen LogP contribution is 2.42. The molecule has 2 aromatic heterocycles. The quantitative estimate of drug-likeness (QED) is 0.116. The molecule has 1 aliphatic rings. The lowest BCUT2D eigenvalue weighted by Crippen LogP contribution is -2.34. The van der Waals surface area contributed by atoms with Crippen molar-refractivity contribution in [2.45, 2.75) is 39.0 Å². The lowest BCUT2D eigenvalue weighted by Gasteiger charge is -2.30. The van der Waals surface area contributed by atoms with Crippen LogP contribution in [0.25, 0.3) is 42.9 Å². The number of nitrogens with zero attached hydrogens (tertiary/aromatic N) is 3. The van der Waals surface area contributed by atoms with Gasteiger partial charge in [0.1, 0.15) is 16.2 Å². The molecule has 13 heteroatoms. The molecule has 0 saturated heterocycles. The highest BCUT2D eigenvalue weighted by molar-refractivity contribution is 7.85. The third kappa shape index (κ3) is 6.98. The number of thiazole rings is 1. The number of carbonyl (C=O) groups excluding carboxylic acids is 1. The Balaban J connectivity index is 1.56. The summed E-state index contributed by atoms with van der Waals surface area (Å²) in [5.41, 5.74) is 4.07. The number of aromatic nitrogens is 1. The van der Waals surface area contributed by atoms with Gasteiger partial charge in [0, 0.05) is 60.9 Å². The Kier molecular flexibility index (Phi) is 9.63. The van der Waals surface area contributed by atoms with E-state index in [4.69, 9.17) is 9.40 Å². The van der Waals surface area contributed by atoms with Gasteiger partial charge in [-0.25, -0.2) is 9.78 Å². The van der Waals surface area contributed by atoms with Crippen LogP contribution in [0.1, 0.15) is 48.5 Å². The van der Waals surface area contributed by atoms with Gasteiger partial charge in [0.2, 0.25) is 0 Å². The second kappa shape index (κ2) is 13.9. The molecular formula is C35H35N3O8S2. The molecule has 6 rings (SSSR count). The number of para-hydroxylation sites is 1. The molecule has 0 saturated carbocycles. The van der Waals surface area contributed by atoms with E-state index in [1.807, 2.05) is 36.4 Å². The SMILES string of the molecule is CCN1CCCc2cc3c(-c4ccccc4C(=O)N(CCCC(=O)O)CCCS(=O)(=O)O)c(-c4nc5ccccc5s4)c(=O)oc3cc21. The number of hydrogen-bond acceptors (Lipinski definition) is 9. The summed E-state index contributed by atoms with van der Waals surface area (Å²) in [6.45, 7) is 3.79. The molecule has 0 radical (unpaired) electrons. The number of carbonyl (C=O) groups is 2. The molecular weight excluding hydrogens is 655 g/mol. The summed E-state index contributed by atoms with van der Waals surface area (Å²) >= 11 is 1.35. The fourth-order valence-corrected chi connectivity index (χ4v) is 7.87. The lowest BCUT2D eigenvalue weighted by molar-refractivity contribution is -0.137. The van der Waals surface area contributed by atoms with Crippen LogP contribution >= 0.6 is 11.3 Å². The monoisotopic (exact) mass is 689 g/mol. The molecule has 1 amide bonds. The van der Waals surface area contributed by atoms with Crippen molar-refractivity contribution in [2.75, 3.05) is 36.8 Å². The van der Waals surface area contributed by atoms with Gasteiger partial charge in [0.05, 0.1) is 16.0 Å². The van der Waals surface area contributed by atoms with Crippen LogP contribution < -0.4 is 10.5 Å². The minimum Gasteiger partial charge on any atom is -0.481 e. The number of fused-ring (bicyclic) bond motifs is 3. The van der Waals surface area contributed by atoms with Crippen LogP contribution in [0.5, 0.6) is 0 Å². The van der Waals surface area contributed by atoms with E-state index < -0.39 is 33.4 Å². The maximum atomic E-state index is 14.3. The fourth-order valence-electron chi connectivity index (χ4n) is 6.37. The minimum atomic E-state index is -4.27. The normalized spacial score (nSPS) is 13.2. The maximum Gasteiger partial charge on any atom is 0.347 e. The summed E-state index contributed by atoms with van der Waals surface area (Å²) in [7, 11) is -4.27. The van der Waals surface area contributed by atoms with Gasteiger partial charge in [0.25, 0.3) is 16.0 Å². The number of aryl methyl sites for hydroxylation is 1. The van der Waals surface area contributed by atoms with E-state index in [0.717, 1.165) is 47.4 Å². The van der Waals surface area contributed by atoms with Gasteiger partial charge in [0.15, 0.2) is 0 Å². The Labute approximate surface area is 281 Å². The van der Waals surface area contributed by atoms with Crippen molar-refractivity contribution in [3.05, 3.63) is 82.2 Å². The largest absolute Gasteiger partial charge is 0.481 e. The van der Waals surface area contributed by atoms with Gasteiger partial charge < -0.3 is 19.3 Å². The summed E-state index contributed by atoms with van der Waals surface area (Å²) in [5, 5.41) is 10.3. The molecule has 2 N–H and O–H groups in total. The zero-order valence-corrected chi connectivity index (χ0v) is 28.0. The van der Waals surface area contributed by atoms with Crippen molar-refractivity contribution in [1.82, 2.24) is 9.88 Å². The van der Waals surface area contributed by atoms with Gasteiger partial charge in [-0.3, -0.25) is 14.1 Å². The predicted octanol–water partition coefficient (Wildman–Crippen LogP) is 6.09.